The van der Waals surface area contributed by atoms with Crippen LogP contribution in [0.15, 0.2) is 0 Å². The van der Waals surface area contributed by atoms with Crippen molar-refractivity contribution in [3.8, 4) is 0 Å². The van der Waals surface area contributed by atoms with Gasteiger partial charge in [-0.2, -0.15) is 0 Å². The van der Waals surface area contributed by atoms with Crippen LogP contribution in [0.3, 0.4) is 0 Å². The highest BCUT2D eigenvalue weighted by Crippen LogP contribution is 2.36. The molecule has 10 heteroatoms. The van der Waals surface area contributed by atoms with Crippen molar-refractivity contribution >= 4 is 0 Å². The summed E-state index contributed by atoms with van der Waals surface area (Å²) >= 11 is 0. The Morgan fingerprint density at radius 2 is 1.79 bits per heavy atom. The van der Waals surface area contributed by atoms with Crippen LogP contribution in [0.1, 0.15) is 6.92 Å². The third-order valence-electron chi connectivity index (χ3n) is 4.76. The van der Waals surface area contributed by atoms with Crippen LogP contribution in [0.4, 0.5) is 0 Å². The highest BCUT2D eigenvalue weighted by molar-refractivity contribution is 5.02. The van der Waals surface area contributed by atoms with Crippen molar-refractivity contribution in [3.05, 3.63) is 0 Å². The van der Waals surface area contributed by atoms with Gasteiger partial charge in [-0.15, -0.1) is 0 Å². The maximum atomic E-state index is 10.6. The molecule has 2 heterocycles. The number of hydrogen-bond donors (Lipinski definition) is 6. The summed E-state index contributed by atoms with van der Waals surface area (Å²) in [6.07, 6.45) is -7.59. The van der Waals surface area contributed by atoms with Crippen LogP contribution in [0.25, 0.3) is 0 Å². The fourth-order valence-corrected chi connectivity index (χ4v) is 3.09. The van der Waals surface area contributed by atoms with Gasteiger partial charge in [-0.3, -0.25) is 0 Å². The fraction of sp³-hybridized carbons (Fsp3) is 1.00. The number of hydrogen-bond acceptors (Lipinski definition) is 10. The van der Waals surface area contributed by atoms with E-state index in [1.54, 1.807) is 14.0 Å². The molecule has 2 fully saturated rings. The Labute approximate surface area is 139 Å². The Bertz CT molecular complexity index is 414. The second-order valence-corrected chi connectivity index (χ2v) is 6.11. The van der Waals surface area contributed by atoms with Gasteiger partial charge in [-0.25, -0.2) is 0 Å². The molecule has 6 N–H and O–H groups in total. The van der Waals surface area contributed by atoms with Gasteiger partial charge < -0.3 is 49.8 Å². The largest absolute Gasteiger partial charge is 0.394 e. The minimum Gasteiger partial charge on any atom is -0.394 e. The minimum atomic E-state index is -1.74. The maximum absolute atomic E-state index is 10.6. The predicted molar refractivity (Wildman–Crippen MR) is 78.9 cm³/mol. The van der Waals surface area contributed by atoms with Crippen molar-refractivity contribution < 1.29 is 44.5 Å². The molecule has 0 saturated carbocycles. The molecule has 142 valence electrons. The molecule has 0 aromatic heterocycles. The predicted octanol–water partition coefficient (Wildman–Crippen LogP) is -3.49. The van der Waals surface area contributed by atoms with Gasteiger partial charge in [0.15, 0.2) is 12.6 Å². The van der Waals surface area contributed by atoms with Crippen LogP contribution in [-0.2, 0) is 18.9 Å². The average molecular weight is 353 g/mol. The zero-order valence-corrected chi connectivity index (χ0v) is 13.9. The minimum absolute atomic E-state index is 0.524. The molecule has 0 radical (unpaired) electrons. The van der Waals surface area contributed by atoms with E-state index in [-0.39, 0.29) is 0 Å². The highest BCUT2D eigenvalue weighted by Gasteiger charge is 2.57. The Kier molecular flexibility index (Phi) is 6.53. The number of rotatable bonds is 6. The first-order valence-corrected chi connectivity index (χ1v) is 7.80. The lowest BCUT2D eigenvalue weighted by Gasteiger charge is -2.44. The second kappa shape index (κ2) is 7.87. The van der Waals surface area contributed by atoms with Crippen LogP contribution in [0, 0.1) is 0 Å². The Morgan fingerprint density at radius 3 is 2.29 bits per heavy atom. The van der Waals surface area contributed by atoms with E-state index >= 15 is 0 Å². The van der Waals surface area contributed by atoms with Gasteiger partial charge in [-0.05, 0) is 14.0 Å². The first kappa shape index (κ1) is 19.9. The zero-order valence-electron chi connectivity index (χ0n) is 13.9. The molecule has 2 aliphatic rings. The molecule has 24 heavy (non-hydrogen) atoms. The SMILES string of the molecule is CNC1C(OC2C(OC)OC(C)C2(O)CO)OC(CO)C(O)C1O. The molecule has 0 aromatic carbocycles. The summed E-state index contributed by atoms with van der Waals surface area (Å²) in [4.78, 5) is 0. The third-order valence-corrected chi connectivity index (χ3v) is 4.76. The van der Waals surface area contributed by atoms with Crippen molar-refractivity contribution in [3.63, 3.8) is 0 Å². The van der Waals surface area contributed by atoms with Gasteiger partial charge >= 0.3 is 0 Å². The normalized spacial score (nSPS) is 49.5. The molecule has 10 nitrogen and oxygen atoms in total. The monoisotopic (exact) mass is 353 g/mol. The highest BCUT2D eigenvalue weighted by atomic mass is 16.8. The van der Waals surface area contributed by atoms with Crippen molar-refractivity contribution in [2.24, 2.45) is 0 Å². The summed E-state index contributed by atoms with van der Waals surface area (Å²) in [7, 11) is 2.91. The van der Waals surface area contributed by atoms with E-state index in [1.165, 1.54) is 7.11 Å². The molecule has 0 aromatic rings. The standard InChI is InChI=1S/C14H27NO9/c1-6-14(20,5-17)11(13(21-3)22-6)24-12-8(15-2)10(19)9(18)7(4-16)23-12/h6-13,15-20H,4-5H2,1-3H3. The first-order chi connectivity index (χ1) is 11.3. The number of aliphatic hydroxyl groups is 5. The lowest BCUT2D eigenvalue weighted by Crippen LogP contribution is -2.65. The average Bonchev–Trinajstić information content (AvgIpc) is 2.82. The summed E-state index contributed by atoms with van der Waals surface area (Å²) in [5.41, 5.74) is -1.74. The van der Waals surface area contributed by atoms with Crippen molar-refractivity contribution in [1.29, 1.82) is 0 Å². The number of likely N-dealkylation sites (N-methyl/N-ethyl adjacent to an activating group) is 1. The lowest BCUT2D eigenvalue weighted by molar-refractivity contribution is -0.308. The Balaban J connectivity index is 2.22. The van der Waals surface area contributed by atoms with Crippen LogP contribution in [0.5, 0.6) is 0 Å². The summed E-state index contributed by atoms with van der Waals surface area (Å²) in [5, 5.41) is 52.4. The third kappa shape index (κ3) is 3.31. The first-order valence-electron chi connectivity index (χ1n) is 7.80. The number of nitrogens with one attached hydrogen (secondary N) is 1. The summed E-state index contributed by atoms with van der Waals surface area (Å²) in [5.74, 6) is 0. The topological polar surface area (TPSA) is 150 Å². The Morgan fingerprint density at radius 1 is 1.12 bits per heavy atom. The van der Waals surface area contributed by atoms with E-state index in [2.05, 4.69) is 5.32 Å². The molecule has 2 rings (SSSR count). The molecule has 2 saturated heterocycles. The molecule has 2 aliphatic heterocycles. The molecular formula is C14H27NO9. The molecule has 9 atom stereocenters. The molecule has 0 spiro atoms. The van der Waals surface area contributed by atoms with Crippen LogP contribution in [-0.4, -0.2) is 108 Å². The summed E-state index contributed by atoms with van der Waals surface area (Å²) < 4.78 is 21.9. The van der Waals surface area contributed by atoms with E-state index in [0.29, 0.717) is 0 Å². The van der Waals surface area contributed by atoms with E-state index in [9.17, 15) is 25.5 Å². The summed E-state index contributed by atoms with van der Waals surface area (Å²) in [6.45, 7) is 0.409. The maximum Gasteiger partial charge on any atom is 0.186 e. The summed E-state index contributed by atoms with van der Waals surface area (Å²) in [6, 6.07) is -0.834. The second-order valence-electron chi connectivity index (χ2n) is 6.11. The molecule has 0 bridgehead atoms. The molecule has 9 unspecified atom stereocenters. The van der Waals surface area contributed by atoms with Crippen LogP contribution >= 0.6 is 0 Å². The van der Waals surface area contributed by atoms with Crippen LogP contribution in [0.2, 0.25) is 0 Å². The Hall–Kier alpha value is -0.400. The molecular weight excluding hydrogens is 326 g/mol. The van der Waals surface area contributed by atoms with Crippen molar-refractivity contribution in [2.45, 2.75) is 61.7 Å². The van der Waals surface area contributed by atoms with E-state index in [0.717, 1.165) is 0 Å². The smallest absolute Gasteiger partial charge is 0.186 e. The van der Waals surface area contributed by atoms with Gasteiger partial charge in [-0.1, -0.05) is 0 Å². The van der Waals surface area contributed by atoms with Gasteiger partial charge in [0.25, 0.3) is 0 Å². The van der Waals surface area contributed by atoms with Crippen LogP contribution < -0.4 is 5.32 Å². The van der Waals surface area contributed by atoms with E-state index in [1.807, 2.05) is 0 Å². The fourth-order valence-electron chi connectivity index (χ4n) is 3.09. The zero-order chi connectivity index (χ0) is 18.1. The number of aliphatic hydroxyl groups excluding tert-OH is 4. The van der Waals surface area contributed by atoms with Gasteiger partial charge in [0.2, 0.25) is 0 Å². The molecule has 0 amide bonds. The van der Waals surface area contributed by atoms with Gasteiger partial charge in [0.05, 0.1) is 25.4 Å². The van der Waals surface area contributed by atoms with Gasteiger partial charge in [0, 0.05) is 7.11 Å². The van der Waals surface area contributed by atoms with Crippen molar-refractivity contribution in [2.75, 3.05) is 27.4 Å². The van der Waals surface area contributed by atoms with E-state index in [4.69, 9.17) is 18.9 Å². The lowest BCUT2D eigenvalue weighted by atomic mass is 9.93. The number of methoxy groups -OCH3 is 1. The van der Waals surface area contributed by atoms with Gasteiger partial charge in [0.1, 0.15) is 30.0 Å². The molecule has 0 aliphatic carbocycles. The quantitative estimate of drug-likeness (QED) is 0.284. The van der Waals surface area contributed by atoms with E-state index < -0.39 is 68.0 Å². The van der Waals surface area contributed by atoms with Crippen molar-refractivity contribution in [1.82, 2.24) is 5.32 Å². The number of ether oxygens (including phenoxy) is 4.